The van der Waals surface area contributed by atoms with Crippen LogP contribution in [0.25, 0.3) is 10.2 Å². The summed E-state index contributed by atoms with van der Waals surface area (Å²) in [6.45, 7) is 2.37. The Morgan fingerprint density at radius 3 is 2.91 bits per heavy atom. The minimum absolute atomic E-state index is 0.0752. The number of thiophene rings is 2. The van der Waals surface area contributed by atoms with Gasteiger partial charge in [0.25, 0.3) is 11.5 Å². The zero-order valence-electron chi connectivity index (χ0n) is 12.5. The quantitative estimate of drug-likeness (QED) is 0.740. The summed E-state index contributed by atoms with van der Waals surface area (Å²) in [5, 5.41) is 4.56. The van der Waals surface area contributed by atoms with E-state index in [0.29, 0.717) is 21.6 Å². The summed E-state index contributed by atoms with van der Waals surface area (Å²) < 4.78 is 1.44. The van der Waals surface area contributed by atoms with Crippen molar-refractivity contribution in [2.75, 3.05) is 7.05 Å². The number of hydrogen-bond donors (Lipinski definition) is 0. The molecular formula is C15H15N3O2S2. The summed E-state index contributed by atoms with van der Waals surface area (Å²) in [6.07, 6.45) is 1.49. The van der Waals surface area contributed by atoms with E-state index < -0.39 is 0 Å². The van der Waals surface area contributed by atoms with Crippen LogP contribution in [0.4, 0.5) is 0 Å². The molecule has 0 spiro atoms. The van der Waals surface area contributed by atoms with Gasteiger partial charge in [0, 0.05) is 20.6 Å². The van der Waals surface area contributed by atoms with Crippen LogP contribution in [0.2, 0.25) is 0 Å². The lowest BCUT2D eigenvalue weighted by molar-refractivity contribution is 0.0789. The van der Waals surface area contributed by atoms with Crippen molar-refractivity contribution in [2.45, 2.75) is 13.5 Å². The van der Waals surface area contributed by atoms with Gasteiger partial charge in [-0.3, -0.25) is 9.59 Å². The van der Waals surface area contributed by atoms with E-state index in [1.54, 1.807) is 30.3 Å². The van der Waals surface area contributed by atoms with Gasteiger partial charge < -0.3 is 9.47 Å². The van der Waals surface area contributed by atoms with Gasteiger partial charge >= 0.3 is 0 Å². The van der Waals surface area contributed by atoms with Crippen LogP contribution in [0.1, 0.15) is 20.8 Å². The third kappa shape index (κ3) is 2.46. The van der Waals surface area contributed by atoms with Crippen molar-refractivity contribution < 1.29 is 4.79 Å². The van der Waals surface area contributed by atoms with E-state index in [-0.39, 0.29) is 11.5 Å². The highest BCUT2D eigenvalue weighted by atomic mass is 32.1. The zero-order chi connectivity index (χ0) is 15.9. The van der Waals surface area contributed by atoms with Gasteiger partial charge in [-0.1, -0.05) is 0 Å². The molecule has 0 bridgehead atoms. The second kappa shape index (κ2) is 5.66. The average Bonchev–Trinajstić information content (AvgIpc) is 3.10. The molecule has 1 amide bonds. The Kier molecular flexibility index (Phi) is 3.84. The number of nitrogens with zero attached hydrogens (tertiary/aromatic N) is 3. The van der Waals surface area contributed by atoms with Crippen LogP contribution in [0.15, 0.2) is 27.9 Å². The molecule has 0 aliphatic heterocycles. The molecule has 0 aliphatic rings. The summed E-state index contributed by atoms with van der Waals surface area (Å²) in [5.74, 6) is -0.0752. The first-order valence-corrected chi connectivity index (χ1v) is 8.46. The van der Waals surface area contributed by atoms with E-state index >= 15 is 0 Å². The first-order chi connectivity index (χ1) is 10.5. The molecule has 0 N–H and O–H groups in total. The van der Waals surface area contributed by atoms with Crippen LogP contribution in [-0.4, -0.2) is 27.4 Å². The van der Waals surface area contributed by atoms with E-state index in [1.807, 2.05) is 23.8 Å². The van der Waals surface area contributed by atoms with E-state index in [2.05, 4.69) is 4.98 Å². The summed E-state index contributed by atoms with van der Waals surface area (Å²) in [5.41, 5.74) is 1.71. The lowest BCUT2D eigenvalue weighted by Gasteiger charge is -2.15. The molecule has 0 atom stereocenters. The molecule has 7 heteroatoms. The molecule has 0 radical (unpaired) electrons. The number of aryl methyl sites for hydroxylation is 2. The standard InChI is InChI=1S/C15H15N3O2S2/c1-9-11-13(16-8-18(3)14(11)19)22-12(9)15(20)17(2)6-10-4-5-21-7-10/h4-5,7-8H,6H2,1-3H3. The van der Waals surface area contributed by atoms with Gasteiger partial charge in [-0.2, -0.15) is 11.3 Å². The molecule has 0 unspecified atom stereocenters. The minimum Gasteiger partial charge on any atom is -0.337 e. The lowest BCUT2D eigenvalue weighted by atomic mass is 10.2. The number of carbonyl (C=O) groups excluding carboxylic acids is 1. The van der Waals surface area contributed by atoms with Crippen molar-refractivity contribution in [3.63, 3.8) is 0 Å². The van der Waals surface area contributed by atoms with E-state index in [9.17, 15) is 9.59 Å². The molecule has 22 heavy (non-hydrogen) atoms. The zero-order valence-corrected chi connectivity index (χ0v) is 14.1. The Hall–Kier alpha value is -1.99. The smallest absolute Gasteiger partial charge is 0.264 e. The summed E-state index contributed by atoms with van der Waals surface area (Å²) in [6, 6.07) is 2.00. The Bertz CT molecular complexity index is 894. The summed E-state index contributed by atoms with van der Waals surface area (Å²) in [4.78, 5) is 32.0. The van der Waals surface area contributed by atoms with Crippen molar-refractivity contribution in [3.05, 3.63) is 49.5 Å². The molecule has 5 nitrogen and oxygen atoms in total. The van der Waals surface area contributed by atoms with Crippen LogP contribution in [0.5, 0.6) is 0 Å². The van der Waals surface area contributed by atoms with Crippen LogP contribution in [-0.2, 0) is 13.6 Å². The Morgan fingerprint density at radius 1 is 1.45 bits per heavy atom. The van der Waals surface area contributed by atoms with Crippen molar-refractivity contribution in [1.29, 1.82) is 0 Å². The third-order valence-electron chi connectivity index (χ3n) is 3.55. The maximum absolute atomic E-state index is 12.7. The van der Waals surface area contributed by atoms with Crippen molar-refractivity contribution in [2.24, 2.45) is 7.05 Å². The largest absolute Gasteiger partial charge is 0.337 e. The molecular weight excluding hydrogens is 318 g/mol. The van der Waals surface area contributed by atoms with Crippen LogP contribution in [0, 0.1) is 6.92 Å². The highest BCUT2D eigenvalue weighted by molar-refractivity contribution is 7.20. The molecule has 0 aromatic carbocycles. The van der Waals surface area contributed by atoms with Crippen LogP contribution in [0.3, 0.4) is 0 Å². The van der Waals surface area contributed by atoms with Gasteiger partial charge in [0.15, 0.2) is 0 Å². The maximum Gasteiger partial charge on any atom is 0.264 e. The second-order valence-electron chi connectivity index (χ2n) is 5.19. The normalized spacial score (nSPS) is 11.0. The highest BCUT2D eigenvalue weighted by Gasteiger charge is 2.21. The van der Waals surface area contributed by atoms with Crippen molar-refractivity contribution in [3.8, 4) is 0 Å². The van der Waals surface area contributed by atoms with Crippen molar-refractivity contribution >= 4 is 38.8 Å². The monoisotopic (exact) mass is 333 g/mol. The first-order valence-electron chi connectivity index (χ1n) is 6.70. The topological polar surface area (TPSA) is 55.2 Å². The number of aromatic nitrogens is 2. The molecule has 0 saturated carbocycles. The number of fused-ring (bicyclic) bond motifs is 1. The van der Waals surface area contributed by atoms with Crippen LogP contribution >= 0.6 is 22.7 Å². The highest BCUT2D eigenvalue weighted by Crippen LogP contribution is 2.28. The molecule has 3 heterocycles. The van der Waals surface area contributed by atoms with Crippen molar-refractivity contribution in [1.82, 2.24) is 14.5 Å². The molecule has 0 aliphatic carbocycles. The van der Waals surface area contributed by atoms with Gasteiger partial charge in [-0.15, -0.1) is 11.3 Å². The van der Waals surface area contributed by atoms with Crippen LogP contribution < -0.4 is 5.56 Å². The molecule has 3 aromatic rings. The fourth-order valence-corrected chi connectivity index (χ4v) is 4.11. The van der Waals surface area contributed by atoms with Gasteiger partial charge in [0.05, 0.1) is 16.6 Å². The molecule has 114 valence electrons. The Labute approximate surface area is 135 Å². The van der Waals surface area contributed by atoms with Gasteiger partial charge in [-0.05, 0) is 34.9 Å². The fourth-order valence-electron chi connectivity index (χ4n) is 2.31. The first kappa shape index (κ1) is 14.9. The summed E-state index contributed by atoms with van der Waals surface area (Å²) >= 11 is 2.89. The van der Waals surface area contributed by atoms with E-state index in [0.717, 1.165) is 11.1 Å². The summed E-state index contributed by atoms with van der Waals surface area (Å²) in [7, 11) is 3.44. The fraction of sp³-hybridized carbons (Fsp3) is 0.267. The van der Waals surface area contributed by atoms with Gasteiger partial charge in [0.2, 0.25) is 0 Å². The predicted molar refractivity (Wildman–Crippen MR) is 89.7 cm³/mol. The third-order valence-corrected chi connectivity index (χ3v) is 5.47. The Balaban J connectivity index is 1.99. The minimum atomic E-state index is -0.113. The van der Waals surface area contributed by atoms with Gasteiger partial charge in [0.1, 0.15) is 4.83 Å². The second-order valence-corrected chi connectivity index (χ2v) is 6.97. The number of amides is 1. The molecule has 0 fully saturated rings. The average molecular weight is 333 g/mol. The molecule has 3 rings (SSSR count). The molecule has 3 aromatic heterocycles. The van der Waals surface area contributed by atoms with E-state index in [1.165, 1.54) is 22.2 Å². The molecule has 0 saturated heterocycles. The van der Waals surface area contributed by atoms with E-state index in [4.69, 9.17) is 0 Å². The number of carbonyl (C=O) groups is 1. The number of hydrogen-bond acceptors (Lipinski definition) is 5. The predicted octanol–water partition coefficient (Wildman–Crippen LogP) is 2.64. The van der Waals surface area contributed by atoms with Gasteiger partial charge in [-0.25, -0.2) is 4.98 Å². The Morgan fingerprint density at radius 2 is 2.23 bits per heavy atom. The maximum atomic E-state index is 12.7. The number of rotatable bonds is 3. The lowest BCUT2D eigenvalue weighted by Crippen LogP contribution is -2.25. The SMILES string of the molecule is Cc1c(C(=O)N(C)Cc2ccsc2)sc2ncn(C)c(=O)c12.